The lowest BCUT2D eigenvalue weighted by Crippen LogP contribution is -2.38. The van der Waals surface area contributed by atoms with Gasteiger partial charge in [0.2, 0.25) is 13.6 Å². The molecule has 1 unspecified atom stereocenters. The van der Waals surface area contributed by atoms with Crippen molar-refractivity contribution in [3.63, 3.8) is 0 Å². The number of carboxylic acids is 1. The number of hydrogen-bond acceptors (Lipinski definition) is 2. The number of hydrogen-bond donors (Lipinski definition) is 1. The molecule has 16 heavy (non-hydrogen) atoms. The maximum atomic E-state index is 11.2. The number of carboxylic acid groups (broad SMARTS) is 1. The zero-order chi connectivity index (χ0) is 13.0. The first-order chi connectivity index (χ1) is 7.07. The molecule has 0 heterocycles. The first-order valence-corrected chi connectivity index (χ1v) is 8.68. The molecule has 1 radical (unpaired) electrons. The lowest BCUT2D eigenvalue weighted by atomic mass is 9.89. The van der Waals surface area contributed by atoms with Gasteiger partial charge < -0.3 is 9.53 Å². The van der Waals surface area contributed by atoms with Gasteiger partial charge in [0.15, 0.2) is 0 Å². The molecule has 0 aromatic carbocycles. The Morgan fingerprint density at radius 3 is 2.12 bits per heavy atom. The van der Waals surface area contributed by atoms with Crippen molar-refractivity contribution >= 4 is 30.9 Å². The van der Waals surface area contributed by atoms with Crippen molar-refractivity contribution < 1.29 is 14.3 Å². The summed E-state index contributed by atoms with van der Waals surface area (Å²) in [6.07, 6.45) is 2.35. The second-order valence-corrected chi connectivity index (χ2v) is 8.76. The van der Waals surface area contributed by atoms with E-state index in [0.717, 1.165) is 12.8 Å². The van der Waals surface area contributed by atoms with E-state index in [2.05, 4.69) is 36.7 Å². The standard InChI is InChI=1S/C11H22BrO3Si/c1-10(2,3)7-6-8-11(12,9(13)14)15-16(4)5/h6-8H2,1-5H3,(H,13,14). The average molecular weight is 310 g/mol. The van der Waals surface area contributed by atoms with Crippen LogP contribution in [0.25, 0.3) is 0 Å². The first-order valence-electron chi connectivity index (χ1n) is 5.48. The number of halogens is 1. The smallest absolute Gasteiger partial charge is 0.346 e. The van der Waals surface area contributed by atoms with E-state index in [4.69, 9.17) is 9.53 Å². The second-order valence-electron chi connectivity index (χ2n) is 5.46. The van der Waals surface area contributed by atoms with Crippen LogP contribution in [0.2, 0.25) is 13.1 Å². The summed E-state index contributed by atoms with van der Waals surface area (Å²) < 4.78 is 4.35. The van der Waals surface area contributed by atoms with Crippen LogP contribution in [0.4, 0.5) is 0 Å². The van der Waals surface area contributed by atoms with Gasteiger partial charge in [0.25, 0.3) is 0 Å². The molecule has 0 bridgehead atoms. The molecule has 1 atom stereocenters. The monoisotopic (exact) mass is 309 g/mol. The third kappa shape index (κ3) is 6.65. The quantitative estimate of drug-likeness (QED) is 0.602. The van der Waals surface area contributed by atoms with Crippen LogP contribution >= 0.6 is 15.9 Å². The summed E-state index contributed by atoms with van der Waals surface area (Å²) in [4.78, 5) is 11.2. The zero-order valence-electron chi connectivity index (χ0n) is 10.8. The maximum absolute atomic E-state index is 11.2. The number of alkyl halides is 1. The largest absolute Gasteiger partial charge is 0.478 e. The van der Waals surface area contributed by atoms with Gasteiger partial charge in [-0.3, -0.25) is 0 Å². The van der Waals surface area contributed by atoms with E-state index >= 15 is 0 Å². The molecule has 0 saturated carbocycles. The fourth-order valence-corrected chi connectivity index (χ4v) is 3.46. The fourth-order valence-electron chi connectivity index (χ4n) is 1.37. The minimum absolute atomic E-state index is 0.235. The topological polar surface area (TPSA) is 46.5 Å². The lowest BCUT2D eigenvalue weighted by Gasteiger charge is -2.27. The molecule has 0 fully saturated rings. The maximum Gasteiger partial charge on any atom is 0.346 e. The van der Waals surface area contributed by atoms with Gasteiger partial charge in [-0.2, -0.15) is 0 Å². The molecule has 1 N–H and O–H groups in total. The Bertz CT molecular complexity index is 238. The van der Waals surface area contributed by atoms with Crippen LogP contribution < -0.4 is 0 Å². The van der Waals surface area contributed by atoms with Crippen molar-refractivity contribution in [1.29, 1.82) is 0 Å². The van der Waals surface area contributed by atoms with Crippen LogP contribution in [0.5, 0.6) is 0 Å². The fraction of sp³-hybridized carbons (Fsp3) is 0.909. The van der Waals surface area contributed by atoms with Crippen molar-refractivity contribution in [1.82, 2.24) is 0 Å². The lowest BCUT2D eigenvalue weighted by molar-refractivity contribution is -0.147. The predicted molar refractivity (Wildman–Crippen MR) is 71.2 cm³/mol. The predicted octanol–water partition coefficient (Wildman–Crippen LogP) is 3.65. The Hall–Kier alpha value is 0.127. The molecule has 95 valence electrons. The molecule has 0 saturated heterocycles. The van der Waals surface area contributed by atoms with Crippen LogP contribution in [0.1, 0.15) is 40.0 Å². The van der Waals surface area contributed by atoms with Gasteiger partial charge in [0, 0.05) is 0 Å². The molecule has 0 rings (SSSR count). The van der Waals surface area contributed by atoms with E-state index < -0.39 is 19.5 Å². The molecular formula is C11H22BrO3Si. The van der Waals surface area contributed by atoms with Crippen molar-refractivity contribution in [2.45, 2.75) is 57.6 Å². The van der Waals surface area contributed by atoms with Crippen LogP contribution in [0.3, 0.4) is 0 Å². The Labute approximate surface area is 108 Å². The van der Waals surface area contributed by atoms with E-state index in [-0.39, 0.29) is 5.41 Å². The Morgan fingerprint density at radius 2 is 1.81 bits per heavy atom. The summed E-state index contributed by atoms with van der Waals surface area (Å²) >= 11 is 3.22. The summed E-state index contributed by atoms with van der Waals surface area (Å²) in [6, 6.07) is 0. The highest BCUT2D eigenvalue weighted by atomic mass is 79.9. The zero-order valence-corrected chi connectivity index (χ0v) is 13.3. The molecule has 0 spiro atoms. The van der Waals surface area contributed by atoms with E-state index in [0.29, 0.717) is 6.42 Å². The molecule has 0 aromatic heterocycles. The van der Waals surface area contributed by atoms with Gasteiger partial charge in [-0.05, 0) is 53.7 Å². The third-order valence-corrected chi connectivity index (χ3v) is 4.06. The summed E-state index contributed by atoms with van der Waals surface area (Å²) in [5, 5.41) is 9.16. The SMILES string of the molecule is C[Si](C)OC(Br)(CCCC(C)(C)C)C(=O)O. The van der Waals surface area contributed by atoms with Gasteiger partial charge >= 0.3 is 5.97 Å². The van der Waals surface area contributed by atoms with E-state index in [1.807, 2.05) is 13.1 Å². The van der Waals surface area contributed by atoms with Crippen LogP contribution in [-0.4, -0.2) is 24.6 Å². The Balaban J connectivity index is 4.29. The number of aliphatic carboxylic acids is 1. The van der Waals surface area contributed by atoms with Gasteiger partial charge in [-0.25, -0.2) is 4.79 Å². The van der Waals surface area contributed by atoms with Crippen molar-refractivity contribution in [3.8, 4) is 0 Å². The Kier molecular flexibility index (Phi) is 6.21. The first kappa shape index (κ1) is 16.1. The van der Waals surface area contributed by atoms with Crippen LogP contribution in [-0.2, 0) is 9.22 Å². The highest BCUT2D eigenvalue weighted by Gasteiger charge is 2.37. The summed E-state index contributed by atoms with van der Waals surface area (Å²) in [7, 11) is -1.03. The molecule has 0 aliphatic heterocycles. The number of carbonyl (C=O) groups is 1. The van der Waals surface area contributed by atoms with E-state index in [1.54, 1.807) is 0 Å². The van der Waals surface area contributed by atoms with Gasteiger partial charge in [0.1, 0.15) is 0 Å². The molecule has 0 aliphatic rings. The van der Waals surface area contributed by atoms with Gasteiger partial charge in [-0.1, -0.05) is 20.8 Å². The minimum Gasteiger partial charge on any atom is -0.478 e. The third-order valence-electron chi connectivity index (χ3n) is 2.11. The summed E-state index contributed by atoms with van der Waals surface area (Å²) in [6.45, 7) is 10.3. The van der Waals surface area contributed by atoms with Crippen molar-refractivity contribution in [2.75, 3.05) is 0 Å². The van der Waals surface area contributed by atoms with Crippen LogP contribution in [0, 0.1) is 5.41 Å². The van der Waals surface area contributed by atoms with Crippen molar-refractivity contribution in [3.05, 3.63) is 0 Å². The highest BCUT2D eigenvalue weighted by Crippen LogP contribution is 2.31. The van der Waals surface area contributed by atoms with Gasteiger partial charge in [0.05, 0.1) is 0 Å². The summed E-state index contributed by atoms with van der Waals surface area (Å²) in [5.41, 5.74) is 0.235. The molecule has 0 aliphatic carbocycles. The van der Waals surface area contributed by atoms with Crippen molar-refractivity contribution in [2.24, 2.45) is 5.41 Å². The summed E-state index contributed by atoms with van der Waals surface area (Å²) in [5.74, 6) is -0.924. The van der Waals surface area contributed by atoms with Gasteiger partial charge in [-0.15, -0.1) is 0 Å². The second kappa shape index (κ2) is 6.17. The normalized spacial score (nSPS) is 16.2. The highest BCUT2D eigenvalue weighted by molar-refractivity contribution is 9.10. The molecular weight excluding hydrogens is 288 g/mol. The Morgan fingerprint density at radius 1 is 1.31 bits per heavy atom. The van der Waals surface area contributed by atoms with E-state index in [1.165, 1.54) is 0 Å². The molecule has 0 amide bonds. The number of rotatable bonds is 6. The molecule has 3 nitrogen and oxygen atoms in total. The average Bonchev–Trinajstić information content (AvgIpc) is 1.99. The minimum atomic E-state index is -1.18. The van der Waals surface area contributed by atoms with E-state index in [9.17, 15) is 4.79 Å². The van der Waals surface area contributed by atoms with Crippen LogP contribution in [0.15, 0.2) is 0 Å². The molecule has 0 aromatic rings. The molecule has 5 heteroatoms.